The molecule has 3 rings (SSSR count). The number of thiocarbonyl (C=S) groups is 1. The molecule has 6 N–H and O–H groups in total. The summed E-state index contributed by atoms with van der Waals surface area (Å²) in [4.78, 5) is 42.2. The molecule has 0 unspecified atom stereocenters. The van der Waals surface area contributed by atoms with Gasteiger partial charge in [0.05, 0.1) is 13.2 Å². The van der Waals surface area contributed by atoms with Gasteiger partial charge < -0.3 is 36.6 Å². The lowest BCUT2D eigenvalue weighted by atomic mass is 9.91. The average molecular weight is 597 g/mol. The van der Waals surface area contributed by atoms with Gasteiger partial charge in [-0.1, -0.05) is 42.5 Å². The summed E-state index contributed by atoms with van der Waals surface area (Å²) in [7, 11) is 3.35. The largest absolute Gasteiger partial charge is 0.497 e. The number of nitrogens with two attached hydrogens (primary N) is 1. The highest BCUT2D eigenvalue weighted by atomic mass is 32.1. The number of likely N-dealkylation sites (N-methyl/N-ethyl adjacent to an activating group) is 1. The second-order valence-electron chi connectivity index (χ2n) is 10.6. The molecule has 10 nitrogen and oxygen atoms in total. The molecule has 2 aromatic rings. The van der Waals surface area contributed by atoms with Crippen molar-refractivity contribution in [1.82, 2.24) is 26.2 Å². The molecule has 228 valence electrons. The van der Waals surface area contributed by atoms with E-state index in [2.05, 4.69) is 21.3 Å². The summed E-state index contributed by atoms with van der Waals surface area (Å²) >= 11 is 4.95. The minimum Gasteiger partial charge on any atom is -0.497 e. The number of nitrogens with zero attached hydrogens (tertiary/aromatic N) is 1. The number of methoxy groups -OCH3 is 1. The van der Waals surface area contributed by atoms with E-state index in [9.17, 15) is 14.4 Å². The van der Waals surface area contributed by atoms with Crippen LogP contribution in [0, 0.1) is 5.92 Å². The number of amides is 3. The van der Waals surface area contributed by atoms with Crippen molar-refractivity contribution in [2.24, 2.45) is 11.7 Å². The molecule has 1 heterocycles. The first kappa shape index (κ1) is 32.8. The molecule has 0 radical (unpaired) electrons. The minimum atomic E-state index is -0.783. The molecule has 0 bridgehead atoms. The summed E-state index contributed by atoms with van der Waals surface area (Å²) in [5.74, 6) is -0.113. The lowest BCUT2D eigenvalue weighted by Gasteiger charge is -2.32. The van der Waals surface area contributed by atoms with Crippen molar-refractivity contribution in [3.05, 3.63) is 65.7 Å². The fourth-order valence-electron chi connectivity index (χ4n) is 5.28. The molecule has 1 aliphatic heterocycles. The molecule has 3 amide bonds. The summed E-state index contributed by atoms with van der Waals surface area (Å²) in [6, 6.07) is 15.4. The van der Waals surface area contributed by atoms with Gasteiger partial charge in [0.25, 0.3) is 0 Å². The molecular formula is C31H44N6O4S. The average Bonchev–Trinajstić information content (AvgIpc) is 3.14. The second-order valence-corrected chi connectivity index (χ2v) is 11.0. The predicted octanol–water partition coefficient (Wildman–Crippen LogP) is 1.52. The van der Waals surface area contributed by atoms with Crippen LogP contribution < -0.4 is 31.7 Å². The van der Waals surface area contributed by atoms with E-state index >= 15 is 0 Å². The number of rotatable bonds is 14. The highest BCUT2D eigenvalue weighted by Gasteiger charge is 2.39. The van der Waals surface area contributed by atoms with E-state index in [-0.39, 0.29) is 28.8 Å². The molecule has 1 aliphatic rings. The number of benzene rings is 2. The summed E-state index contributed by atoms with van der Waals surface area (Å²) in [5, 5.41) is 12.2. The smallest absolute Gasteiger partial charge is 0.246 e. The van der Waals surface area contributed by atoms with Crippen LogP contribution in [0.1, 0.15) is 37.3 Å². The van der Waals surface area contributed by atoms with E-state index in [0.29, 0.717) is 51.7 Å². The van der Waals surface area contributed by atoms with Crippen LogP contribution in [0.3, 0.4) is 0 Å². The van der Waals surface area contributed by atoms with Gasteiger partial charge in [0.15, 0.2) is 5.11 Å². The highest BCUT2D eigenvalue weighted by molar-refractivity contribution is 7.80. The molecule has 0 aromatic heterocycles. The number of hydrogen-bond acceptors (Lipinski definition) is 6. The zero-order chi connectivity index (χ0) is 30.5. The molecule has 0 spiro atoms. The maximum absolute atomic E-state index is 14.0. The third-order valence-electron chi connectivity index (χ3n) is 7.77. The molecule has 0 aliphatic carbocycles. The Kier molecular flexibility index (Phi) is 13.0. The summed E-state index contributed by atoms with van der Waals surface area (Å²) in [5.41, 5.74) is 7.70. The van der Waals surface area contributed by atoms with Gasteiger partial charge in [0.1, 0.15) is 17.8 Å². The predicted molar refractivity (Wildman–Crippen MR) is 168 cm³/mol. The van der Waals surface area contributed by atoms with Gasteiger partial charge in [-0.05, 0) is 87.5 Å². The molecule has 42 heavy (non-hydrogen) atoms. The Hall–Kier alpha value is -3.70. The van der Waals surface area contributed by atoms with Crippen molar-refractivity contribution in [3.8, 4) is 5.75 Å². The van der Waals surface area contributed by atoms with Crippen molar-refractivity contribution in [2.75, 3.05) is 33.8 Å². The molecule has 0 saturated carbocycles. The van der Waals surface area contributed by atoms with Gasteiger partial charge in [0.2, 0.25) is 17.7 Å². The van der Waals surface area contributed by atoms with E-state index in [4.69, 9.17) is 22.7 Å². The maximum Gasteiger partial charge on any atom is 0.246 e. The number of carbonyl (C=O) groups excluding carboxylic acids is 3. The highest BCUT2D eigenvalue weighted by Crippen LogP contribution is 2.24. The first-order valence-electron chi connectivity index (χ1n) is 14.5. The first-order valence-corrected chi connectivity index (χ1v) is 14.9. The Bertz CT molecular complexity index is 1180. The number of hydrogen-bond donors (Lipinski definition) is 5. The zero-order valence-corrected chi connectivity index (χ0v) is 25.5. The third-order valence-corrected chi connectivity index (χ3v) is 7.92. The molecule has 11 heteroatoms. The number of carbonyl (C=O) groups is 3. The van der Waals surface area contributed by atoms with Crippen LogP contribution >= 0.6 is 12.2 Å². The third kappa shape index (κ3) is 9.70. The molecule has 1 saturated heterocycles. The molecule has 2 aromatic carbocycles. The van der Waals surface area contributed by atoms with Gasteiger partial charge >= 0.3 is 0 Å². The minimum absolute atomic E-state index is 0.145. The Balaban J connectivity index is 1.69. The van der Waals surface area contributed by atoms with Crippen LogP contribution in [0.2, 0.25) is 0 Å². The number of ether oxygens (including phenoxy) is 1. The van der Waals surface area contributed by atoms with E-state index in [1.807, 2.05) is 54.6 Å². The van der Waals surface area contributed by atoms with Gasteiger partial charge in [-0.2, -0.15) is 0 Å². The normalized spacial score (nSPS) is 18.4. The summed E-state index contributed by atoms with van der Waals surface area (Å²) in [6.07, 6.45) is 3.14. The van der Waals surface area contributed by atoms with Crippen molar-refractivity contribution < 1.29 is 19.1 Å². The second kappa shape index (κ2) is 16.7. The van der Waals surface area contributed by atoms with E-state index in [0.717, 1.165) is 16.9 Å². The van der Waals surface area contributed by atoms with E-state index < -0.39 is 18.1 Å². The van der Waals surface area contributed by atoms with Crippen molar-refractivity contribution in [2.45, 2.75) is 57.2 Å². The fraction of sp³-hybridized carbons (Fsp3) is 0.484. The Morgan fingerprint density at radius 3 is 2.40 bits per heavy atom. The van der Waals surface area contributed by atoms with Crippen molar-refractivity contribution in [3.63, 3.8) is 0 Å². The summed E-state index contributed by atoms with van der Waals surface area (Å²) < 4.78 is 5.20. The van der Waals surface area contributed by atoms with Crippen LogP contribution in [0.4, 0.5) is 0 Å². The Morgan fingerprint density at radius 1 is 1.05 bits per heavy atom. The first-order chi connectivity index (χ1) is 20.2. The summed E-state index contributed by atoms with van der Waals surface area (Å²) in [6.45, 7) is 3.09. The Morgan fingerprint density at radius 2 is 1.76 bits per heavy atom. The molecular weight excluding hydrogens is 552 g/mol. The van der Waals surface area contributed by atoms with Crippen molar-refractivity contribution in [1.29, 1.82) is 0 Å². The molecule has 1 fully saturated rings. The fourth-order valence-corrected chi connectivity index (χ4v) is 5.38. The lowest BCUT2D eigenvalue weighted by Crippen LogP contribution is -2.58. The Labute approximate surface area is 254 Å². The standard InChI is InChI=1S/C31H44N6O4S/c1-21(28(38)34-17-15-22-11-13-25(41-3)14-12-22)37-19-7-10-24(16-18-35-31(32)42)27(30(37)40)36-29(39)26(33-2)20-23-8-5-4-6-9-23/h4-6,8-9,11-14,21,24,26-27,33H,7,10,15-20H2,1-3H3,(H,34,38)(H,36,39)(H3,32,35,42)/t21-,24+,26+,27-/m0/s1. The maximum atomic E-state index is 14.0. The van der Waals surface area contributed by atoms with Gasteiger partial charge in [0, 0.05) is 19.6 Å². The lowest BCUT2D eigenvalue weighted by molar-refractivity contribution is -0.143. The van der Waals surface area contributed by atoms with Gasteiger partial charge in [-0.15, -0.1) is 0 Å². The van der Waals surface area contributed by atoms with Gasteiger partial charge in [-0.25, -0.2) is 0 Å². The van der Waals surface area contributed by atoms with Crippen molar-refractivity contribution >= 4 is 35.1 Å². The molecule has 4 atom stereocenters. The van der Waals surface area contributed by atoms with Crippen LogP contribution in [0.15, 0.2) is 54.6 Å². The van der Waals surface area contributed by atoms with E-state index in [1.165, 1.54) is 0 Å². The van der Waals surface area contributed by atoms with Crippen LogP contribution in [-0.4, -0.2) is 79.7 Å². The topological polar surface area (TPSA) is 138 Å². The quantitative estimate of drug-likeness (QED) is 0.207. The van der Waals surface area contributed by atoms with Gasteiger partial charge in [-0.3, -0.25) is 14.4 Å². The van der Waals surface area contributed by atoms with Crippen LogP contribution in [-0.2, 0) is 27.2 Å². The zero-order valence-electron chi connectivity index (χ0n) is 24.7. The van der Waals surface area contributed by atoms with Crippen LogP contribution in [0.5, 0.6) is 5.75 Å². The number of likely N-dealkylation sites (tertiary alicyclic amines) is 1. The monoisotopic (exact) mass is 596 g/mol. The SMILES string of the molecule is CN[C@H](Cc1ccccc1)C(=O)N[C@@H]1C(=O)N([C@@H](C)C(=O)NCCc2ccc(OC)cc2)CCC[C@@H]1CCNC(N)=S. The van der Waals surface area contributed by atoms with E-state index in [1.54, 1.807) is 26.0 Å². The van der Waals surface area contributed by atoms with Crippen LogP contribution in [0.25, 0.3) is 0 Å². The number of nitrogens with one attached hydrogen (secondary N) is 4.